The van der Waals surface area contributed by atoms with Gasteiger partial charge in [0.15, 0.2) is 5.84 Å². The minimum absolute atomic E-state index is 0.261. The second-order valence-corrected chi connectivity index (χ2v) is 7.01. The van der Waals surface area contributed by atoms with Crippen LogP contribution in [-0.2, 0) is 6.42 Å². The molecule has 2 aromatic heterocycles. The lowest BCUT2D eigenvalue weighted by atomic mass is 10.1. The van der Waals surface area contributed by atoms with E-state index >= 15 is 0 Å². The standard InChI is InChI=1S/C21H22ClN7O/c1-13-3-7-19(14(2)26-13)30-17-9-10-25-21(12-17)27-16-5-6-18(22)15(11-16)4-8-20(28-23)29-24/h3,5-7,9-12,23H,4,8,24H2,1-2H3,(H,25,27)/b28-23?,29-20-. The number of benzene rings is 1. The maximum Gasteiger partial charge on any atom is 0.170 e. The number of rotatable bonds is 7. The molecule has 0 saturated heterocycles. The second kappa shape index (κ2) is 9.80. The Labute approximate surface area is 179 Å². The molecule has 0 atom stereocenters. The first-order valence-corrected chi connectivity index (χ1v) is 9.64. The maximum atomic E-state index is 7.04. The molecule has 0 bridgehead atoms. The van der Waals surface area contributed by atoms with Gasteiger partial charge in [0, 0.05) is 35.1 Å². The quantitative estimate of drug-likeness (QED) is 0.152. The van der Waals surface area contributed by atoms with Gasteiger partial charge in [-0.1, -0.05) is 11.6 Å². The molecule has 2 heterocycles. The van der Waals surface area contributed by atoms with Crippen molar-refractivity contribution in [3.8, 4) is 11.5 Å². The van der Waals surface area contributed by atoms with Crippen LogP contribution in [0.4, 0.5) is 11.5 Å². The number of nitrogens with one attached hydrogen (secondary N) is 2. The van der Waals surface area contributed by atoms with Crippen molar-refractivity contribution in [3.05, 3.63) is 70.6 Å². The fourth-order valence-corrected chi connectivity index (χ4v) is 3.05. The van der Waals surface area contributed by atoms with Crippen LogP contribution in [0.5, 0.6) is 11.5 Å². The highest BCUT2D eigenvalue weighted by atomic mass is 35.5. The highest BCUT2D eigenvalue weighted by Gasteiger charge is 2.08. The van der Waals surface area contributed by atoms with E-state index in [1.165, 1.54) is 0 Å². The largest absolute Gasteiger partial charge is 0.455 e. The fourth-order valence-electron chi connectivity index (χ4n) is 2.84. The zero-order chi connectivity index (χ0) is 21.5. The van der Waals surface area contributed by atoms with Gasteiger partial charge in [-0.2, -0.15) is 5.10 Å². The highest BCUT2D eigenvalue weighted by Crippen LogP contribution is 2.28. The van der Waals surface area contributed by atoms with E-state index in [9.17, 15) is 0 Å². The van der Waals surface area contributed by atoms with Gasteiger partial charge in [0.05, 0.1) is 5.69 Å². The van der Waals surface area contributed by atoms with Crippen LogP contribution in [0.15, 0.2) is 58.9 Å². The lowest BCUT2D eigenvalue weighted by Crippen LogP contribution is -2.01. The summed E-state index contributed by atoms with van der Waals surface area (Å²) < 4.78 is 5.96. The molecule has 0 fully saturated rings. The number of ether oxygens (including phenoxy) is 1. The van der Waals surface area contributed by atoms with Crippen molar-refractivity contribution in [3.63, 3.8) is 0 Å². The summed E-state index contributed by atoms with van der Waals surface area (Å²) in [4.78, 5) is 8.77. The minimum atomic E-state index is 0.261. The molecule has 0 unspecified atom stereocenters. The van der Waals surface area contributed by atoms with E-state index in [1.54, 1.807) is 18.3 Å². The Morgan fingerprint density at radius 3 is 2.77 bits per heavy atom. The van der Waals surface area contributed by atoms with Crippen molar-refractivity contribution in [1.82, 2.24) is 9.97 Å². The Bertz CT molecular complexity index is 1080. The van der Waals surface area contributed by atoms with E-state index in [0.717, 1.165) is 22.6 Å². The number of anilines is 2. The van der Waals surface area contributed by atoms with E-state index in [0.29, 0.717) is 35.2 Å². The molecule has 4 N–H and O–H groups in total. The van der Waals surface area contributed by atoms with Gasteiger partial charge in [-0.15, -0.1) is 5.11 Å². The third-order valence-electron chi connectivity index (χ3n) is 4.35. The van der Waals surface area contributed by atoms with Crippen molar-refractivity contribution >= 4 is 28.9 Å². The number of pyridine rings is 2. The summed E-state index contributed by atoms with van der Waals surface area (Å²) in [5.41, 5.74) is 10.5. The highest BCUT2D eigenvalue weighted by molar-refractivity contribution is 6.31. The van der Waals surface area contributed by atoms with Crippen LogP contribution in [-0.4, -0.2) is 15.8 Å². The summed E-state index contributed by atoms with van der Waals surface area (Å²) >= 11 is 6.29. The summed E-state index contributed by atoms with van der Waals surface area (Å²) in [5, 5.41) is 10.6. The molecular weight excluding hydrogens is 402 g/mol. The Hall–Kier alpha value is -3.52. The number of aromatic nitrogens is 2. The number of nitrogens with zero attached hydrogens (tertiary/aromatic N) is 4. The minimum Gasteiger partial charge on any atom is -0.455 e. The molecule has 0 amide bonds. The molecule has 30 heavy (non-hydrogen) atoms. The third-order valence-corrected chi connectivity index (χ3v) is 4.72. The molecule has 0 aliphatic heterocycles. The number of halogens is 1. The van der Waals surface area contributed by atoms with E-state index in [1.807, 2.05) is 44.2 Å². The van der Waals surface area contributed by atoms with Gasteiger partial charge in [0.25, 0.3) is 0 Å². The summed E-state index contributed by atoms with van der Waals surface area (Å²) in [5.74, 6) is 7.45. The monoisotopic (exact) mass is 423 g/mol. The average Bonchev–Trinajstić information content (AvgIpc) is 2.73. The van der Waals surface area contributed by atoms with E-state index in [-0.39, 0.29) is 5.84 Å². The lowest BCUT2D eigenvalue weighted by Gasteiger charge is -2.12. The maximum absolute atomic E-state index is 7.04. The fraction of sp³-hybridized carbons (Fsp3) is 0.190. The molecule has 154 valence electrons. The Morgan fingerprint density at radius 2 is 2.03 bits per heavy atom. The van der Waals surface area contributed by atoms with Crippen molar-refractivity contribution < 1.29 is 4.74 Å². The zero-order valence-electron chi connectivity index (χ0n) is 16.7. The Balaban J connectivity index is 1.74. The number of nitrogens with two attached hydrogens (primary N) is 1. The Kier molecular flexibility index (Phi) is 6.92. The van der Waals surface area contributed by atoms with Crippen LogP contribution in [0.1, 0.15) is 23.4 Å². The first-order valence-electron chi connectivity index (χ1n) is 9.26. The second-order valence-electron chi connectivity index (χ2n) is 6.60. The first-order chi connectivity index (χ1) is 14.5. The average molecular weight is 424 g/mol. The summed E-state index contributed by atoms with van der Waals surface area (Å²) in [6.45, 7) is 3.85. The van der Waals surface area contributed by atoms with Crippen LogP contribution in [0.25, 0.3) is 0 Å². The van der Waals surface area contributed by atoms with E-state index in [4.69, 9.17) is 27.7 Å². The van der Waals surface area contributed by atoms with Crippen molar-refractivity contribution in [2.45, 2.75) is 26.7 Å². The molecule has 1 aromatic carbocycles. The molecule has 3 aromatic rings. The van der Waals surface area contributed by atoms with Crippen molar-refractivity contribution in [2.24, 2.45) is 16.1 Å². The molecule has 0 spiro atoms. The third kappa shape index (κ3) is 5.51. The van der Waals surface area contributed by atoms with Crippen LogP contribution in [0.3, 0.4) is 0 Å². The molecule has 9 heteroatoms. The number of amidine groups is 1. The van der Waals surface area contributed by atoms with Crippen LogP contribution in [0.2, 0.25) is 5.02 Å². The number of hydrogen-bond donors (Lipinski definition) is 3. The molecular formula is C21H22ClN7O. The van der Waals surface area contributed by atoms with Gasteiger partial charge in [0.2, 0.25) is 0 Å². The predicted octanol–water partition coefficient (Wildman–Crippen LogP) is 5.52. The molecule has 0 radical (unpaired) electrons. The summed E-state index contributed by atoms with van der Waals surface area (Å²) in [6.07, 6.45) is 2.66. The number of aryl methyl sites for hydroxylation is 3. The van der Waals surface area contributed by atoms with Crippen LogP contribution >= 0.6 is 11.6 Å². The number of hydrazone groups is 1. The summed E-state index contributed by atoms with van der Waals surface area (Å²) in [7, 11) is 0. The lowest BCUT2D eigenvalue weighted by molar-refractivity contribution is 0.475. The van der Waals surface area contributed by atoms with E-state index in [2.05, 4.69) is 25.5 Å². The first kappa shape index (κ1) is 21.2. The SMILES string of the molecule is Cc1ccc(Oc2ccnc(Nc3ccc(Cl)c(CC/C(N=N)=N/N)c3)c2)c(C)n1. The predicted molar refractivity (Wildman–Crippen MR) is 118 cm³/mol. The smallest absolute Gasteiger partial charge is 0.170 e. The van der Waals surface area contributed by atoms with Crippen molar-refractivity contribution in [1.29, 1.82) is 5.53 Å². The molecule has 0 aliphatic carbocycles. The zero-order valence-corrected chi connectivity index (χ0v) is 17.4. The van der Waals surface area contributed by atoms with Gasteiger partial charge in [0.1, 0.15) is 17.3 Å². The van der Waals surface area contributed by atoms with Gasteiger partial charge < -0.3 is 15.9 Å². The van der Waals surface area contributed by atoms with E-state index < -0.39 is 0 Å². The Morgan fingerprint density at radius 1 is 1.20 bits per heavy atom. The van der Waals surface area contributed by atoms with Gasteiger partial charge in [-0.05, 0) is 62.2 Å². The molecule has 3 rings (SSSR count). The summed E-state index contributed by atoms with van der Waals surface area (Å²) in [6, 6.07) is 13.0. The molecule has 0 aliphatic rings. The normalized spacial score (nSPS) is 11.2. The van der Waals surface area contributed by atoms with Crippen LogP contribution in [0, 0.1) is 19.4 Å². The van der Waals surface area contributed by atoms with Crippen LogP contribution < -0.4 is 15.9 Å². The van der Waals surface area contributed by atoms with Gasteiger partial charge >= 0.3 is 0 Å². The van der Waals surface area contributed by atoms with Gasteiger partial charge in [-0.25, -0.2) is 10.5 Å². The van der Waals surface area contributed by atoms with Crippen molar-refractivity contribution in [2.75, 3.05) is 5.32 Å². The van der Waals surface area contributed by atoms with Gasteiger partial charge in [-0.3, -0.25) is 4.98 Å². The number of hydrogen-bond acceptors (Lipinski definition) is 7. The molecule has 0 saturated carbocycles. The molecule has 8 nitrogen and oxygen atoms in total. The topological polar surface area (TPSA) is 122 Å².